The molecule has 0 atom stereocenters. The number of aromatic nitrogens is 3. The Morgan fingerprint density at radius 2 is 1.95 bits per heavy atom. The molecule has 0 amide bonds. The van der Waals surface area contributed by atoms with E-state index in [1.165, 1.54) is 12.1 Å². The minimum Gasteiger partial charge on any atom is -0.478 e. The summed E-state index contributed by atoms with van der Waals surface area (Å²) in [5, 5.41) is 34.8. The van der Waals surface area contributed by atoms with Crippen LogP contribution in [0.3, 0.4) is 0 Å². The van der Waals surface area contributed by atoms with Crippen molar-refractivity contribution in [2.24, 2.45) is 0 Å². The minimum atomic E-state index is -1.01. The topological polar surface area (TPSA) is 112 Å². The van der Waals surface area contributed by atoms with Gasteiger partial charge in [-0.15, -0.1) is 5.10 Å². The largest absolute Gasteiger partial charge is 0.478 e. The predicted octanol–water partition coefficient (Wildman–Crippen LogP) is -0.626. The van der Waals surface area contributed by atoms with Crippen LogP contribution in [0, 0.1) is 0 Å². The quantitative estimate of drug-likeness (QED) is 0.619. The van der Waals surface area contributed by atoms with Gasteiger partial charge in [0.05, 0.1) is 31.0 Å². The van der Waals surface area contributed by atoms with Gasteiger partial charge >= 0.3 is 5.97 Å². The third-order valence-electron chi connectivity index (χ3n) is 2.93. The number of benzene rings is 1. The van der Waals surface area contributed by atoms with E-state index in [1.54, 1.807) is 10.7 Å². The van der Waals surface area contributed by atoms with E-state index in [0.717, 1.165) is 0 Å². The second-order valence-corrected chi connectivity index (χ2v) is 4.30. The molecule has 0 bridgehead atoms. The molecule has 1 heterocycles. The molecule has 1 aromatic heterocycles. The lowest BCUT2D eigenvalue weighted by molar-refractivity contribution is 0.0697. The fourth-order valence-corrected chi connectivity index (χ4v) is 1.94. The van der Waals surface area contributed by atoms with E-state index < -0.39 is 5.97 Å². The van der Waals surface area contributed by atoms with Gasteiger partial charge in [0.25, 0.3) is 0 Å². The summed E-state index contributed by atoms with van der Waals surface area (Å²) in [6, 6.07) is 4.60. The smallest absolute Gasteiger partial charge is 0.335 e. The van der Waals surface area contributed by atoms with Crippen molar-refractivity contribution in [3.63, 3.8) is 0 Å². The van der Waals surface area contributed by atoms with Gasteiger partial charge in [0, 0.05) is 13.1 Å². The Balaban J connectivity index is 2.24. The van der Waals surface area contributed by atoms with E-state index in [1.807, 2.05) is 4.90 Å². The molecular weight excluding hydrogens is 264 g/mol. The van der Waals surface area contributed by atoms with Gasteiger partial charge in [0.2, 0.25) is 0 Å². The first-order valence-corrected chi connectivity index (χ1v) is 6.16. The summed E-state index contributed by atoms with van der Waals surface area (Å²) in [6.45, 7) is 1.15. The van der Waals surface area contributed by atoms with Crippen molar-refractivity contribution in [3.8, 4) is 0 Å². The first-order valence-electron chi connectivity index (χ1n) is 6.16. The second kappa shape index (κ2) is 6.42. The van der Waals surface area contributed by atoms with Crippen molar-refractivity contribution < 1.29 is 20.1 Å². The molecule has 0 fully saturated rings. The summed E-state index contributed by atoms with van der Waals surface area (Å²) in [5.41, 5.74) is 1.36. The number of aromatic carboxylic acids is 1. The Kier molecular flexibility index (Phi) is 4.61. The monoisotopic (exact) mass is 280 g/mol. The summed E-state index contributed by atoms with van der Waals surface area (Å²) >= 11 is 0. The lowest BCUT2D eigenvalue weighted by Crippen LogP contribution is -2.32. The molecule has 0 aliphatic rings. The molecule has 0 aliphatic heterocycles. The first kappa shape index (κ1) is 14.4. The molecule has 3 N–H and O–H groups in total. The van der Waals surface area contributed by atoms with Gasteiger partial charge in [-0.05, 0) is 18.2 Å². The van der Waals surface area contributed by atoms with Crippen molar-refractivity contribution in [1.82, 2.24) is 19.9 Å². The van der Waals surface area contributed by atoms with Crippen LogP contribution in [-0.2, 0) is 6.67 Å². The molecule has 2 rings (SSSR count). The zero-order valence-electron chi connectivity index (χ0n) is 10.8. The van der Waals surface area contributed by atoms with Crippen LogP contribution in [0.15, 0.2) is 18.2 Å². The van der Waals surface area contributed by atoms with E-state index in [2.05, 4.69) is 10.3 Å². The highest BCUT2D eigenvalue weighted by molar-refractivity contribution is 5.92. The molecular formula is C12H16N4O4. The van der Waals surface area contributed by atoms with Crippen LogP contribution in [0.5, 0.6) is 0 Å². The highest BCUT2D eigenvalue weighted by Crippen LogP contribution is 2.14. The highest BCUT2D eigenvalue weighted by atomic mass is 16.4. The lowest BCUT2D eigenvalue weighted by atomic mass is 10.2. The molecule has 0 aliphatic carbocycles. The Morgan fingerprint density at radius 3 is 2.55 bits per heavy atom. The van der Waals surface area contributed by atoms with Gasteiger partial charge < -0.3 is 15.3 Å². The summed E-state index contributed by atoms with van der Waals surface area (Å²) < 4.78 is 1.60. The van der Waals surface area contributed by atoms with Crippen molar-refractivity contribution in [2.75, 3.05) is 26.3 Å². The lowest BCUT2D eigenvalue weighted by Gasteiger charge is -2.19. The number of rotatable bonds is 7. The summed E-state index contributed by atoms with van der Waals surface area (Å²) in [5.74, 6) is -1.01. The van der Waals surface area contributed by atoms with Gasteiger partial charge in [-0.2, -0.15) is 0 Å². The van der Waals surface area contributed by atoms with Gasteiger partial charge in [0.15, 0.2) is 0 Å². The zero-order valence-corrected chi connectivity index (χ0v) is 10.8. The Morgan fingerprint density at radius 1 is 1.25 bits per heavy atom. The van der Waals surface area contributed by atoms with E-state index in [-0.39, 0.29) is 18.8 Å². The van der Waals surface area contributed by atoms with Gasteiger partial charge in [-0.3, -0.25) is 4.90 Å². The van der Waals surface area contributed by atoms with E-state index in [0.29, 0.717) is 30.8 Å². The molecule has 0 saturated heterocycles. The number of nitrogens with zero attached hydrogens (tertiary/aromatic N) is 4. The van der Waals surface area contributed by atoms with Crippen LogP contribution < -0.4 is 0 Å². The molecule has 8 nitrogen and oxygen atoms in total. The average molecular weight is 280 g/mol. The van der Waals surface area contributed by atoms with Gasteiger partial charge in [0.1, 0.15) is 5.52 Å². The maximum atomic E-state index is 10.9. The maximum Gasteiger partial charge on any atom is 0.335 e. The molecule has 0 saturated carbocycles. The number of hydrogen-bond donors (Lipinski definition) is 3. The summed E-state index contributed by atoms with van der Waals surface area (Å²) in [6.07, 6.45) is 0. The molecule has 1 aromatic carbocycles. The Hall–Kier alpha value is -2.03. The minimum absolute atomic E-state index is 0.0181. The van der Waals surface area contributed by atoms with Crippen molar-refractivity contribution in [1.29, 1.82) is 0 Å². The third-order valence-corrected chi connectivity index (χ3v) is 2.93. The molecule has 0 radical (unpaired) electrons. The predicted molar refractivity (Wildman–Crippen MR) is 70.2 cm³/mol. The number of carboxylic acid groups (broad SMARTS) is 1. The maximum absolute atomic E-state index is 10.9. The van der Waals surface area contributed by atoms with E-state index in [4.69, 9.17) is 15.3 Å². The van der Waals surface area contributed by atoms with Gasteiger partial charge in [-0.1, -0.05) is 5.21 Å². The molecule has 108 valence electrons. The third kappa shape index (κ3) is 3.10. The van der Waals surface area contributed by atoms with Gasteiger partial charge in [-0.25, -0.2) is 9.48 Å². The number of fused-ring (bicyclic) bond motifs is 1. The number of hydrogen-bond acceptors (Lipinski definition) is 6. The summed E-state index contributed by atoms with van der Waals surface area (Å²) in [4.78, 5) is 12.7. The van der Waals surface area contributed by atoms with Crippen LogP contribution in [0.2, 0.25) is 0 Å². The zero-order chi connectivity index (χ0) is 14.5. The number of aliphatic hydroxyl groups excluding tert-OH is 2. The number of aliphatic hydroxyl groups is 2. The highest BCUT2D eigenvalue weighted by Gasteiger charge is 2.11. The van der Waals surface area contributed by atoms with Crippen LogP contribution in [0.25, 0.3) is 11.0 Å². The fourth-order valence-electron chi connectivity index (χ4n) is 1.94. The normalized spacial score (nSPS) is 11.3. The number of carboxylic acids is 1. The second-order valence-electron chi connectivity index (χ2n) is 4.30. The fraction of sp³-hybridized carbons (Fsp3) is 0.417. The Bertz CT molecular complexity index is 592. The van der Waals surface area contributed by atoms with Crippen LogP contribution in [0.4, 0.5) is 0 Å². The average Bonchev–Trinajstić information content (AvgIpc) is 2.82. The molecule has 0 unspecified atom stereocenters. The van der Waals surface area contributed by atoms with E-state index in [9.17, 15) is 4.79 Å². The van der Waals surface area contributed by atoms with Crippen LogP contribution in [-0.4, -0.2) is 67.5 Å². The molecule has 8 heteroatoms. The Labute approximate surface area is 114 Å². The number of carbonyl (C=O) groups is 1. The first-order chi connectivity index (χ1) is 9.65. The molecule has 20 heavy (non-hydrogen) atoms. The standard InChI is InChI=1S/C12H16N4O4/c17-5-3-15(4-6-18)8-16-11-2-1-9(12(19)20)7-10(11)13-14-16/h1-2,7,17-18H,3-6,8H2,(H,19,20). The summed E-state index contributed by atoms with van der Waals surface area (Å²) in [7, 11) is 0. The molecule has 0 spiro atoms. The van der Waals surface area contributed by atoms with Crippen molar-refractivity contribution >= 4 is 17.0 Å². The van der Waals surface area contributed by atoms with Crippen molar-refractivity contribution in [2.45, 2.75) is 6.67 Å². The SMILES string of the molecule is O=C(O)c1ccc2c(c1)nnn2CN(CCO)CCO. The van der Waals surface area contributed by atoms with Crippen LogP contribution in [0.1, 0.15) is 10.4 Å². The van der Waals surface area contributed by atoms with Crippen LogP contribution >= 0.6 is 0 Å². The van der Waals surface area contributed by atoms with E-state index >= 15 is 0 Å². The molecule has 2 aromatic rings. The van der Waals surface area contributed by atoms with Crippen molar-refractivity contribution in [3.05, 3.63) is 23.8 Å².